The molecule has 5 nitrogen and oxygen atoms in total. The molecule has 6 heteroatoms. The van der Waals surface area contributed by atoms with Crippen molar-refractivity contribution < 1.29 is 8.42 Å². The molecule has 0 saturated carbocycles. The Bertz CT molecular complexity index is 931. The van der Waals surface area contributed by atoms with E-state index in [0.717, 1.165) is 11.1 Å². The van der Waals surface area contributed by atoms with Crippen LogP contribution in [0.3, 0.4) is 0 Å². The van der Waals surface area contributed by atoms with Crippen LogP contribution in [0, 0.1) is 6.92 Å². The molecule has 0 fully saturated rings. The van der Waals surface area contributed by atoms with Crippen LogP contribution in [-0.2, 0) is 17.1 Å². The summed E-state index contributed by atoms with van der Waals surface area (Å²) in [7, 11) is -1.97. The van der Waals surface area contributed by atoms with Crippen molar-refractivity contribution in [1.82, 2.24) is 9.78 Å². The first kappa shape index (κ1) is 15.3. The third-order valence-electron chi connectivity index (χ3n) is 3.74. The number of nitrogens with zero attached hydrogens (tertiary/aromatic N) is 2. The van der Waals surface area contributed by atoms with Crippen molar-refractivity contribution in [1.29, 1.82) is 0 Å². The molecule has 1 aromatic heterocycles. The molecule has 3 rings (SSSR count). The lowest BCUT2D eigenvalue weighted by atomic mass is 10.0. The summed E-state index contributed by atoms with van der Waals surface area (Å²) in [6.45, 7) is 1.73. The second kappa shape index (κ2) is 5.89. The van der Waals surface area contributed by atoms with Gasteiger partial charge < -0.3 is 0 Å². The minimum absolute atomic E-state index is 0.183. The Kier molecular flexibility index (Phi) is 3.92. The molecule has 0 atom stereocenters. The zero-order valence-corrected chi connectivity index (χ0v) is 13.7. The summed E-state index contributed by atoms with van der Waals surface area (Å²) in [6.07, 6.45) is 1.36. The van der Waals surface area contributed by atoms with E-state index in [1.807, 2.05) is 42.5 Å². The van der Waals surface area contributed by atoms with E-state index in [0.29, 0.717) is 11.4 Å². The minimum atomic E-state index is -3.69. The molecule has 0 bridgehead atoms. The number of nitrogens with one attached hydrogen (secondary N) is 1. The Morgan fingerprint density at radius 3 is 2.30 bits per heavy atom. The van der Waals surface area contributed by atoms with E-state index in [1.165, 1.54) is 10.9 Å². The number of hydrogen-bond acceptors (Lipinski definition) is 3. The van der Waals surface area contributed by atoms with Gasteiger partial charge in [0.2, 0.25) is 0 Å². The summed E-state index contributed by atoms with van der Waals surface area (Å²) < 4.78 is 29.5. The topological polar surface area (TPSA) is 64.0 Å². The van der Waals surface area contributed by atoms with Gasteiger partial charge in [0.05, 0.1) is 17.6 Å². The largest absolute Gasteiger partial charge is 0.279 e. The van der Waals surface area contributed by atoms with Crippen molar-refractivity contribution in [2.75, 3.05) is 4.72 Å². The van der Waals surface area contributed by atoms with Gasteiger partial charge in [-0.1, -0.05) is 48.5 Å². The highest BCUT2D eigenvalue weighted by Crippen LogP contribution is 2.29. The second-order valence-electron chi connectivity index (χ2n) is 5.23. The lowest BCUT2D eigenvalue weighted by Gasteiger charge is -2.12. The third kappa shape index (κ3) is 2.98. The van der Waals surface area contributed by atoms with Crippen molar-refractivity contribution in [2.24, 2.45) is 7.05 Å². The molecule has 0 aliphatic heterocycles. The van der Waals surface area contributed by atoms with Crippen molar-refractivity contribution in [3.05, 3.63) is 66.5 Å². The fourth-order valence-corrected chi connectivity index (χ4v) is 3.67. The van der Waals surface area contributed by atoms with Crippen LogP contribution in [0.1, 0.15) is 5.69 Å². The van der Waals surface area contributed by atoms with Crippen molar-refractivity contribution in [3.8, 4) is 11.1 Å². The van der Waals surface area contributed by atoms with E-state index in [-0.39, 0.29) is 4.90 Å². The Morgan fingerprint density at radius 2 is 1.65 bits per heavy atom. The summed E-state index contributed by atoms with van der Waals surface area (Å²) in [5.74, 6) is 0. The van der Waals surface area contributed by atoms with Crippen LogP contribution in [0.4, 0.5) is 5.69 Å². The summed E-state index contributed by atoms with van der Waals surface area (Å²) in [4.78, 5) is 0.183. The molecule has 0 unspecified atom stereocenters. The zero-order chi connectivity index (χ0) is 16.4. The quantitative estimate of drug-likeness (QED) is 0.800. The molecule has 0 amide bonds. The first-order valence-corrected chi connectivity index (χ1v) is 8.63. The third-order valence-corrected chi connectivity index (χ3v) is 5.20. The van der Waals surface area contributed by atoms with Crippen LogP contribution in [0.5, 0.6) is 0 Å². The molecular weight excluding hydrogens is 310 g/mol. The monoisotopic (exact) mass is 327 g/mol. The van der Waals surface area contributed by atoms with Crippen LogP contribution in [-0.4, -0.2) is 18.2 Å². The van der Waals surface area contributed by atoms with Crippen LogP contribution < -0.4 is 4.72 Å². The maximum Gasteiger partial charge on any atom is 0.265 e. The molecule has 1 N–H and O–H groups in total. The van der Waals surface area contributed by atoms with Crippen LogP contribution in [0.15, 0.2) is 65.7 Å². The van der Waals surface area contributed by atoms with Gasteiger partial charge in [-0.25, -0.2) is 8.42 Å². The van der Waals surface area contributed by atoms with Gasteiger partial charge in [0.15, 0.2) is 0 Å². The number of para-hydroxylation sites is 1. The standard InChI is InChI=1S/C17H17N3O2S/c1-13-17(12-18-20(13)2)23(21,22)19-16-11-7-6-10-15(16)14-8-4-3-5-9-14/h3-12,19H,1-2H3. The average Bonchev–Trinajstić information content (AvgIpc) is 2.89. The van der Waals surface area contributed by atoms with E-state index in [4.69, 9.17) is 0 Å². The summed E-state index contributed by atoms with van der Waals surface area (Å²) in [5, 5.41) is 4.00. The van der Waals surface area contributed by atoms with E-state index < -0.39 is 10.0 Å². The van der Waals surface area contributed by atoms with Crippen LogP contribution in [0.2, 0.25) is 0 Å². The molecule has 1 heterocycles. The smallest absolute Gasteiger partial charge is 0.265 e. The highest BCUT2D eigenvalue weighted by atomic mass is 32.2. The maximum atomic E-state index is 12.7. The number of rotatable bonds is 4. The highest BCUT2D eigenvalue weighted by molar-refractivity contribution is 7.92. The number of hydrogen-bond donors (Lipinski definition) is 1. The number of sulfonamides is 1. The van der Waals surface area contributed by atoms with Crippen molar-refractivity contribution in [3.63, 3.8) is 0 Å². The number of anilines is 1. The fourth-order valence-electron chi connectivity index (χ4n) is 2.38. The zero-order valence-electron chi connectivity index (χ0n) is 12.9. The lowest BCUT2D eigenvalue weighted by Crippen LogP contribution is -2.14. The molecule has 3 aromatic rings. The molecule has 0 aliphatic carbocycles. The number of aromatic nitrogens is 2. The van der Waals surface area contributed by atoms with E-state index in [9.17, 15) is 8.42 Å². The maximum absolute atomic E-state index is 12.7. The highest BCUT2D eigenvalue weighted by Gasteiger charge is 2.21. The van der Waals surface area contributed by atoms with Gasteiger partial charge in [0.25, 0.3) is 10.0 Å². The molecular formula is C17H17N3O2S. The van der Waals surface area contributed by atoms with Crippen molar-refractivity contribution >= 4 is 15.7 Å². The summed E-state index contributed by atoms with van der Waals surface area (Å²) >= 11 is 0. The Hall–Kier alpha value is -2.60. The molecule has 0 aliphatic rings. The number of aryl methyl sites for hydroxylation is 1. The average molecular weight is 327 g/mol. The van der Waals surface area contributed by atoms with Crippen LogP contribution in [0.25, 0.3) is 11.1 Å². The van der Waals surface area contributed by atoms with E-state index >= 15 is 0 Å². The lowest BCUT2D eigenvalue weighted by molar-refractivity contribution is 0.600. The SMILES string of the molecule is Cc1c(S(=O)(=O)Nc2ccccc2-c2ccccc2)cnn1C. The van der Waals surface area contributed by atoms with E-state index in [2.05, 4.69) is 9.82 Å². The van der Waals surface area contributed by atoms with Gasteiger partial charge in [0, 0.05) is 12.6 Å². The first-order valence-electron chi connectivity index (χ1n) is 7.15. The minimum Gasteiger partial charge on any atom is -0.279 e. The second-order valence-corrected chi connectivity index (χ2v) is 6.89. The van der Waals surface area contributed by atoms with Gasteiger partial charge in [-0.05, 0) is 18.6 Å². The van der Waals surface area contributed by atoms with Crippen molar-refractivity contribution in [2.45, 2.75) is 11.8 Å². The molecule has 0 spiro atoms. The Morgan fingerprint density at radius 1 is 1.00 bits per heavy atom. The predicted octanol–water partition coefficient (Wildman–Crippen LogP) is 3.20. The molecule has 2 aromatic carbocycles. The van der Waals surface area contributed by atoms with Gasteiger partial charge in [0.1, 0.15) is 4.90 Å². The molecule has 23 heavy (non-hydrogen) atoms. The van der Waals surface area contributed by atoms with Gasteiger partial charge in [-0.15, -0.1) is 0 Å². The predicted molar refractivity (Wildman–Crippen MR) is 90.6 cm³/mol. The summed E-state index contributed by atoms with van der Waals surface area (Å²) in [5.41, 5.74) is 2.92. The van der Waals surface area contributed by atoms with E-state index in [1.54, 1.807) is 26.1 Å². The first-order chi connectivity index (χ1) is 11.0. The molecule has 118 valence electrons. The molecule has 0 radical (unpaired) electrons. The van der Waals surface area contributed by atoms with Gasteiger partial charge in [-0.2, -0.15) is 5.10 Å². The Balaban J connectivity index is 2.03. The Labute approximate surface area is 135 Å². The summed E-state index contributed by atoms with van der Waals surface area (Å²) in [6, 6.07) is 17.0. The fraction of sp³-hybridized carbons (Fsp3) is 0.118. The molecule has 0 saturated heterocycles. The van der Waals surface area contributed by atoms with Gasteiger partial charge in [-0.3, -0.25) is 9.40 Å². The number of benzene rings is 2. The van der Waals surface area contributed by atoms with Crippen LogP contribution >= 0.6 is 0 Å². The normalized spacial score (nSPS) is 11.4. The van der Waals surface area contributed by atoms with Gasteiger partial charge >= 0.3 is 0 Å².